The van der Waals surface area contributed by atoms with Crippen molar-refractivity contribution in [3.63, 3.8) is 0 Å². The van der Waals surface area contributed by atoms with Gasteiger partial charge in [0.25, 0.3) is 0 Å². The zero-order chi connectivity index (χ0) is 15.1. The average molecular weight is 420 g/mol. The number of nitrogens with zero attached hydrogens (tertiary/aromatic N) is 1. The van der Waals surface area contributed by atoms with Crippen LogP contribution in [0, 0.1) is 5.92 Å². The molecule has 0 aromatic rings. The van der Waals surface area contributed by atoms with Crippen molar-refractivity contribution in [1.82, 2.24) is 15.4 Å². The van der Waals surface area contributed by atoms with Crippen molar-refractivity contribution in [2.75, 3.05) is 25.9 Å². The lowest BCUT2D eigenvalue weighted by atomic mass is 10.1. The summed E-state index contributed by atoms with van der Waals surface area (Å²) >= 11 is 0. The van der Waals surface area contributed by atoms with Crippen molar-refractivity contribution in [2.45, 2.75) is 40.2 Å². The molecule has 8 heteroatoms. The van der Waals surface area contributed by atoms with Gasteiger partial charge in [0.05, 0.1) is 12.8 Å². The van der Waals surface area contributed by atoms with Gasteiger partial charge in [0, 0.05) is 18.6 Å². The van der Waals surface area contributed by atoms with E-state index in [1.165, 1.54) is 0 Å². The summed E-state index contributed by atoms with van der Waals surface area (Å²) in [5, 5.41) is 6.35. The van der Waals surface area contributed by atoms with Crippen LogP contribution in [-0.4, -0.2) is 45.8 Å². The monoisotopic (exact) mass is 420 g/mol. The maximum Gasteiger partial charge on any atom is 0.209 e. The number of halogens is 1. The van der Waals surface area contributed by atoms with E-state index in [4.69, 9.17) is 0 Å². The van der Waals surface area contributed by atoms with E-state index in [1.54, 1.807) is 0 Å². The normalized spacial score (nSPS) is 13.1. The Balaban J connectivity index is 0. The highest BCUT2D eigenvalue weighted by atomic mass is 127. The Bertz CT molecular complexity index is 394. The summed E-state index contributed by atoms with van der Waals surface area (Å²) in [5.74, 6) is 1.23. The van der Waals surface area contributed by atoms with E-state index in [0.717, 1.165) is 19.3 Å². The van der Waals surface area contributed by atoms with Crippen LogP contribution < -0.4 is 15.4 Å². The van der Waals surface area contributed by atoms with E-state index in [0.29, 0.717) is 18.4 Å². The van der Waals surface area contributed by atoms with E-state index in [1.807, 2.05) is 20.8 Å². The minimum atomic E-state index is -3.23. The highest BCUT2D eigenvalue weighted by Gasteiger charge is 2.21. The molecular formula is C12H29IN4O2S. The Hall–Kier alpha value is -0.0900. The van der Waals surface area contributed by atoms with Gasteiger partial charge in [0.1, 0.15) is 0 Å². The summed E-state index contributed by atoms with van der Waals surface area (Å²) in [6, 6.07) is 0. The van der Waals surface area contributed by atoms with Crippen LogP contribution in [0.4, 0.5) is 0 Å². The van der Waals surface area contributed by atoms with E-state index in [9.17, 15) is 8.42 Å². The van der Waals surface area contributed by atoms with Crippen LogP contribution >= 0.6 is 24.0 Å². The standard InChI is InChI=1S/C12H28N4O2S.HI/c1-7-13-11(14-8-10(2)3)15-9-12(4,5)16-19(6,17)18;/h10,16H,7-9H2,1-6H3,(H2,13,14,15);1H. The summed E-state index contributed by atoms with van der Waals surface area (Å²) in [7, 11) is -3.23. The van der Waals surface area contributed by atoms with Crippen molar-refractivity contribution in [3.8, 4) is 0 Å². The molecule has 0 fully saturated rings. The molecular weight excluding hydrogens is 391 g/mol. The molecule has 122 valence electrons. The average Bonchev–Trinajstić information content (AvgIpc) is 2.18. The lowest BCUT2D eigenvalue weighted by Gasteiger charge is -2.23. The van der Waals surface area contributed by atoms with Crippen LogP contribution in [0.15, 0.2) is 4.99 Å². The van der Waals surface area contributed by atoms with E-state index < -0.39 is 15.6 Å². The highest BCUT2D eigenvalue weighted by Crippen LogP contribution is 2.04. The lowest BCUT2D eigenvalue weighted by Crippen LogP contribution is -2.47. The molecule has 0 atom stereocenters. The molecule has 0 aliphatic heterocycles. The molecule has 0 rings (SSSR count). The van der Waals surface area contributed by atoms with Gasteiger partial charge in [-0.25, -0.2) is 13.1 Å². The Morgan fingerprint density at radius 2 is 1.80 bits per heavy atom. The number of rotatable bonds is 7. The molecule has 0 heterocycles. The molecule has 0 aromatic carbocycles. The molecule has 0 aliphatic carbocycles. The van der Waals surface area contributed by atoms with Gasteiger partial charge in [-0.3, -0.25) is 4.99 Å². The van der Waals surface area contributed by atoms with Crippen molar-refractivity contribution in [3.05, 3.63) is 0 Å². The Morgan fingerprint density at radius 1 is 1.25 bits per heavy atom. The van der Waals surface area contributed by atoms with Gasteiger partial charge in [-0.1, -0.05) is 13.8 Å². The van der Waals surface area contributed by atoms with E-state index >= 15 is 0 Å². The molecule has 0 saturated heterocycles. The summed E-state index contributed by atoms with van der Waals surface area (Å²) < 4.78 is 25.1. The fourth-order valence-electron chi connectivity index (χ4n) is 1.45. The van der Waals surface area contributed by atoms with E-state index in [2.05, 4.69) is 34.2 Å². The van der Waals surface area contributed by atoms with E-state index in [-0.39, 0.29) is 24.0 Å². The quantitative estimate of drug-likeness (QED) is 0.328. The molecule has 0 spiro atoms. The zero-order valence-corrected chi connectivity index (χ0v) is 16.4. The third-order valence-corrected chi connectivity index (χ3v) is 3.04. The number of aliphatic imine (C=N–C) groups is 1. The molecule has 0 aliphatic rings. The molecule has 6 nitrogen and oxygen atoms in total. The van der Waals surface area contributed by atoms with Gasteiger partial charge in [-0.15, -0.1) is 24.0 Å². The number of sulfonamides is 1. The van der Waals surface area contributed by atoms with Crippen molar-refractivity contribution < 1.29 is 8.42 Å². The molecule has 0 bridgehead atoms. The Labute approximate surface area is 140 Å². The largest absolute Gasteiger partial charge is 0.357 e. The Kier molecular flexibility index (Phi) is 10.8. The smallest absolute Gasteiger partial charge is 0.209 e. The fraction of sp³-hybridized carbons (Fsp3) is 0.917. The summed E-state index contributed by atoms with van der Waals surface area (Å²) in [4.78, 5) is 4.41. The highest BCUT2D eigenvalue weighted by molar-refractivity contribution is 14.0. The lowest BCUT2D eigenvalue weighted by molar-refractivity contribution is 0.464. The summed E-state index contributed by atoms with van der Waals surface area (Å²) in [6.07, 6.45) is 1.15. The second kappa shape index (κ2) is 9.78. The Morgan fingerprint density at radius 3 is 2.20 bits per heavy atom. The first-order valence-corrected chi connectivity index (χ1v) is 8.46. The second-order valence-electron chi connectivity index (χ2n) is 5.73. The number of guanidine groups is 1. The molecule has 0 radical (unpaired) electrons. The first kappa shape index (κ1) is 22.2. The maximum absolute atomic E-state index is 11.2. The summed E-state index contributed by atoms with van der Waals surface area (Å²) in [6.45, 7) is 11.8. The molecule has 20 heavy (non-hydrogen) atoms. The SMILES string of the molecule is CCNC(=NCC(C)(C)NS(C)(=O)=O)NCC(C)C.I. The summed E-state index contributed by atoms with van der Waals surface area (Å²) in [5.41, 5.74) is -0.603. The minimum Gasteiger partial charge on any atom is -0.357 e. The first-order chi connectivity index (χ1) is 8.56. The number of nitrogens with one attached hydrogen (secondary N) is 3. The second-order valence-corrected chi connectivity index (χ2v) is 7.48. The number of hydrogen-bond donors (Lipinski definition) is 3. The van der Waals surface area contributed by atoms with Crippen LogP contribution in [0.25, 0.3) is 0 Å². The van der Waals surface area contributed by atoms with Gasteiger partial charge >= 0.3 is 0 Å². The number of hydrogen-bond acceptors (Lipinski definition) is 3. The fourth-order valence-corrected chi connectivity index (χ4v) is 2.52. The van der Waals surface area contributed by atoms with Crippen molar-refractivity contribution >= 4 is 40.0 Å². The van der Waals surface area contributed by atoms with Gasteiger partial charge in [-0.05, 0) is 26.7 Å². The van der Waals surface area contributed by atoms with Crippen molar-refractivity contribution in [1.29, 1.82) is 0 Å². The van der Waals surface area contributed by atoms with Crippen LogP contribution in [0.3, 0.4) is 0 Å². The molecule has 3 N–H and O–H groups in total. The van der Waals surface area contributed by atoms with Crippen LogP contribution in [0.1, 0.15) is 34.6 Å². The predicted octanol–water partition coefficient (Wildman–Crippen LogP) is 1.14. The van der Waals surface area contributed by atoms with Gasteiger partial charge in [-0.2, -0.15) is 0 Å². The van der Waals surface area contributed by atoms with Crippen LogP contribution in [0.5, 0.6) is 0 Å². The third-order valence-electron chi connectivity index (χ3n) is 2.12. The molecule has 0 saturated carbocycles. The van der Waals surface area contributed by atoms with Crippen LogP contribution in [-0.2, 0) is 10.0 Å². The predicted molar refractivity (Wildman–Crippen MR) is 96.3 cm³/mol. The molecule has 0 aromatic heterocycles. The van der Waals surface area contributed by atoms with Gasteiger partial charge in [0.15, 0.2) is 5.96 Å². The maximum atomic E-state index is 11.2. The molecule has 0 unspecified atom stereocenters. The van der Waals surface area contributed by atoms with Crippen LogP contribution in [0.2, 0.25) is 0 Å². The third kappa shape index (κ3) is 12.9. The van der Waals surface area contributed by atoms with Gasteiger partial charge in [0.2, 0.25) is 10.0 Å². The minimum absolute atomic E-state index is 0. The van der Waals surface area contributed by atoms with Gasteiger partial charge < -0.3 is 10.6 Å². The topological polar surface area (TPSA) is 82.6 Å². The first-order valence-electron chi connectivity index (χ1n) is 6.57. The molecule has 0 amide bonds. The van der Waals surface area contributed by atoms with Crippen molar-refractivity contribution in [2.24, 2.45) is 10.9 Å². The zero-order valence-electron chi connectivity index (χ0n) is 13.3.